The molecule has 0 unspecified atom stereocenters. The Kier molecular flexibility index (Phi) is 7.75. The average molecular weight is 344 g/mol. The summed E-state index contributed by atoms with van der Waals surface area (Å²) < 4.78 is 13.2. The van der Waals surface area contributed by atoms with Gasteiger partial charge in [-0.15, -0.1) is 0 Å². The van der Waals surface area contributed by atoms with Crippen LogP contribution in [0.5, 0.6) is 0 Å². The molecule has 114 valence electrons. The van der Waals surface area contributed by atoms with Gasteiger partial charge in [0.1, 0.15) is 5.82 Å². The first-order valence-corrected chi connectivity index (χ1v) is 8.66. The molecule has 0 spiro atoms. The summed E-state index contributed by atoms with van der Waals surface area (Å²) in [6.07, 6.45) is 4.89. The lowest BCUT2D eigenvalue weighted by Crippen LogP contribution is -2.36. The fraction of sp³-hybridized carbons (Fsp3) is 0.647. The smallest absolute Gasteiger partial charge is 0.123 e. The molecule has 1 nitrogen and oxygen atoms in total. The van der Waals surface area contributed by atoms with Gasteiger partial charge in [0.2, 0.25) is 0 Å². The maximum absolute atomic E-state index is 13.2. The fourth-order valence-corrected chi connectivity index (χ4v) is 3.83. The fourth-order valence-electron chi connectivity index (χ4n) is 3.10. The molecular formula is C17H27BrFN. The van der Waals surface area contributed by atoms with Gasteiger partial charge in [-0.25, -0.2) is 4.39 Å². The van der Waals surface area contributed by atoms with Gasteiger partial charge in [-0.3, -0.25) is 0 Å². The van der Waals surface area contributed by atoms with Crippen molar-refractivity contribution in [3.63, 3.8) is 0 Å². The third-order valence-electron chi connectivity index (χ3n) is 3.79. The first kappa shape index (κ1) is 17.6. The summed E-state index contributed by atoms with van der Waals surface area (Å²) in [5.41, 5.74) is 1.38. The lowest BCUT2D eigenvalue weighted by Gasteiger charge is -2.36. The minimum absolute atomic E-state index is 0.148. The standard InChI is InChI=1S/C17H27BrFN/c1-4-9-17(13-18,10-5-2)14-20(3)12-15-7-6-8-16(19)11-15/h6-8,11H,4-5,9-10,12-14H2,1-3H3. The van der Waals surface area contributed by atoms with Crippen LogP contribution >= 0.6 is 15.9 Å². The molecule has 1 aromatic carbocycles. The van der Waals surface area contributed by atoms with E-state index in [1.165, 1.54) is 31.7 Å². The van der Waals surface area contributed by atoms with Gasteiger partial charge in [-0.05, 0) is 43.0 Å². The quantitative estimate of drug-likeness (QED) is 0.554. The summed E-state index contributed by atoms with van der Waals surface area (Å²) in [5.74, 6) is -0.148. The Balaban J connectivity index is 2.67. The van der Waals surface area contributed by atoms with Crippen molar-refractivity contribution in [1.82, 2.24) is 4.90 Å². The van der Waals surface area contributed by atoms with Gasteiger partial charge in [-0.2, -0.15) is 0 Å². The van der Waals surface area contributed by atoms with Crippen LogP contribution in [-0.2, 0) is 6.54 Å². The summed E-state index contributed by atoms with van der Waals surface area (Å²) in [7, 11) is 2.13. The van der Waals surface area contributed by atoms with Crippen molar-refractivity contribution in [3.05, 3.63) is 35.6 Å². The van der Waals surface area contributed by atoms with E-state index in [0.29, 0.717) is 5.41 Å². The second-order valence-corrected chi connectivity index (χ2v) is 6.50. The lowest BCUT2D eigenvalue weighted by atomic mass is 9.80. The molecule has 0 fully saturated rings. The van der Waals surface area contributed by atoms with E-state index in [-0.39, 0.29) is 5.82 Å². The molecule has 3 heteroatoms. The Hall–Kier alpha value is -0.410. The van der Waals surface area contributed by atoms with E-state index in [4.69, 9.17) is 0 Å². The van der Waals surface area contributed by atoms with Gasteiger partial charge >= 0.3 is 0 Å². The number of nitrogens with zero attached hydrogens (tertiary/aromatic N) is 1. The first-order valence-electron chi connectivity index (χ1n) is 7.54. The molecule has 0 atom stereocenters. The zero-order valence-electron chi connectivity index (χ0n) is 13.0. The second-order valence-electron chi connectivity index (χ2n) is 5.94. The molecule has 0 heterocycles. The summed E-state index contributed by atoms with van der Waals surface area (Å²) in [4.78, 5) is 2.32. The molecule has 0 saturated carbocycles. The van der Waals surface area contributed by atoms with Crippen LogP contribution in [0.1, 0.15) is 45.1 Å². The maximum Gasteiger partial charge on any atom is 0.123 e. The molecule has 0 aliphatic heterocycles. The topological polar surface area (TPSA) is 3.24 Å². The number of rotatable bonds is 9. The number of alkyl halides is 1. The van der Waals surface area contributed by atoms with Crippen LogP contribution in [0.4, 0.5) is 4.39 Å². The molecule has 1 aromatic rings. The molecule has 0 aromatic heterocycles. The van der Waals surface area contributed by atoms with E-state index >= 15 is 0 Å². The SMILES string of the molecule is CCCC(CBr)(CCC)CN(C)Cc1cccc(F)c1. The third kappa shape index (κ3) is 5.53. The summed E-state index contributed by atoms with van der Waals surface area (Å²) in [6, 6.07) is 6.91. The van der Waals surface area contributed by atoms with E-state index < -0.39 is 0 Å². The van der Waals surface area contributed by atoms with E-state index in [1.54, 1.807) is 12.1 Å². The molecule has 0 bridgehead atoms. The van der Waals surface area contributed by atoms with Crippen LogP contribution in [0.25, 0.3) is 0 Å². The van der Waals surface area contributed by atoms with E-state index in [2.05, 4.69) is 41.7 Å². The normalized spacial score (nSPS) is 12.1. The minimum Gasteiger partial charge on any atom is -0.302 e. The largest absolute Gasteiger partial charge is 0.302 e. The van der Waals surface area contributed by atoms with Gasteiger partial charge < -0.3 is 4.90 Å². The van der Waals surface area contributed by atoms with Crippen molar-refractivity contribution in [1.29, 1.82) is 0 Å². The summed E-state index contributed by atoms with van der Waals surface area (Å²) in [6.45, 7) is 6.36. The number of halogens is 2. The minimum atomic E-state index is -0.148. The van der Waals surface area contributed by atoms with Crippen molar-refractivity contribution >= 4 is 15.9 Å². The highest BCUT2D eigenvalue weighted by Crippen LogP contribution is 2.33. The van der Waals surface area contributed by atoms with Crippen LogP contribution in [-0.4, -0.2) is 23.8 Å². The molecule has 0 aliphatic carbocycles. The van der Waals surface area contributed by atoms with Gasteiger partial charge in [0.05, 0.1) is 0 Å². The zero-order valence-corrected chi connectivity index (χ0v) is 14.5. The average Bonchev–Trinajstić information content (AvgIpc) is 2.39. The van der Waals surface area contributed by atoms with Crippen LogP contribution in [0.3, 0.4) is 0 Å². The molecule has 1 rings (SSSR count). The van der Waals surface area contributed by atoms with Gasteiger partial charge in [0, 0.05) is 18.4 Å². The van der Waals surface area contributed by atoms with Crippen LogP contribution in [0.2, 0.25) is 0 Å². The Labute approximate surface area is 131 Å². The summed E-state index contributed by atoms with van der Waals surface area (Å²) in [5, 5.41) is 1.04. The molecule has 0 amide bonds. The van der Waals surface area contributed by atoms with E-state index in [9.17, 15) is 4.39 Å². The maximum atomic E-state index is 13.2. The van der Waals surface area contributed by atoms with Gasteiger partial charge in [0.25, 0.3) is 0 Å². The molecular weight excluding hydrogens is 317 g/mol. The zero-order chi connectivity index (χ0) is 15.0. The van der Waals surface area contributed by atoms with Crippen LogP contribution in [0.15, 0.2) is 24.3 Å². The number of hydrogen-bond donors (Lipinski definition) is 0. The Morgan fingerprint density at radius 1 is 1.20 bits per heavy atom. The highest BCUT2D eigenvalue weighted by molar-refractivity contribution is 9.09. The Morgan fingerprint density at radius 2 is 1.85 bits per heavy atom. The highest BCUT2D eigenvalue weighted by Gasteiger charge is 2.28. The number of benzene rings is 1. The highest BCUT2D eigenvalue weighted by atomic mass is 79.9. The van der Waals surface area contributed by atoms with Crippen molar-refractivity contribution in [3.8, 4) is 0 Å². The predicted octanol–water partition coefficient (Wildman–Crippen LogP) is 5.24. The monoisotopic (exact) mass is 343 g/mol. The lowest BCUT2D eigenvalue weighted by molar-refractivity contribution is 0.166. The Bertz CT molecular complexity index is 388. The van der Waals surface area contributed by atoms with Gasteiger partial charge in [0.15, 0.2) is 0 Å². The molecule has 0 N–H and O–H groups in total. The Morgan fingerprint density at radius 3 is 2.35 bits per heavy atom. The number of hydrogen-bond acceptors (Lipinski definition) is 1. The second kappa shape index (κ2) is 8.78. The predicted molar refractivity (Wildman–Crippen MR) is 88.8 cm³/mol. The van der Waals surface area contributed by atoms with E-state index in [0.717, 1.165) is 24.0 Å². The van der Waals surface area contributed by atoms with Crippen LogP contribution < -0.4 is 0 Å². The van der Waals surface area contributed by atoms with Gasteiger partial charge in [-0.1, -0.05) is 54.8 Å². The van der Waals surface area contributed by atoms with Crippen molar-refractivity contribution in [2.24, 2.45) is 5.41 Å². The molecule has 0 radical (unpaired) electrons. The van der Waals surface area contributed by atoms with Crippen molar-refractivity contribution in [2.45, 2.75) is 46.1 Å². The molecule has 0 aliphatic rings. The third-order valence-corrected chi connectivity index (χ3v) is 4.98. The van der Waals surface area contributed by atoms with E-state index in [1.807, 2.05) is 6.07 Å². The summed E-state index contributed by atoms with van der Waals surface area (Å²) >= 11 is 3.71. The van der Waals surface area contributed by atoms with Crippen LogP contribution in [0, 0.1) is 11.2 Å². The van der Waals surface area contributed by atoms with Crippen molar-refractivity contribution < 1.29 is 4.39 Å². The molecule has 0 saturated heterocycles. The first-order chi connectivity index (χ1) is 9.55. The molecule has 20 heavy (non-hydrogen) atoms. The van der Waals surface area contributed by atoms with Crippen molar-refractivity contribution in [2.75, 3.05) is 18.9 Å².